The lowest BCUT2D eigenvalue weighted by Gasteiger charge is -2.06. The fourth-order valence-electron chi connectivity index (χ4n) is 1.93. The molecular weight excluding hydrogens is 232 g/mol. The summed E-state index contributed by atoms with van der Waals surface area (Å²) in [4.78, 5) is 32.4. The van der Waals surface area contributed by atoms with E-state index in [1.807, 2.05) is 12.1 Å². The van der Waals surface area contributed by atoms with Gasteiger partial charge in [-0.25, -0.2) is 14.8 Å². The van der Waals surface area contributed by atoms with Gasteiger partial charge in [-0.3, -0.25) is 13.9 Å². The molecule has 0 atom stereocenters. The molecule has 0 aliphatic carbocycles. The Labute approximate surface area is 101 Å². The van der Waals surface area contributed by atoms with Crippen molar-refractivity contribution in [3.63, 3.8) is 0 Å². The third-order valence-corrected chi connectivity index (χ3v) is 2.95. The lowest BCUT2D eigenvalue weighted by Crippen LogP contribution is -2.37. The van der Waals surface area contributed by atoms with Crippen LogP contribution in [0, 0.1) is 0 Å². The Morgan fingerprint density at radius 3 is 2.22 bits per heavy atom. The van der Waals surface area contributed by atoms with Gasteiger partial charge in [0.05, 0.1) is 11.0 Å². The zero-order chi connectivity index (χ0) is 12.9. The molecule has 0 fully saturated rings. The maximum atomic E-state index is 12.0. The molecule has 1 aromatic carbocycles. The van der Waals surface area contributed by atoms with Crippen molar-refractivity contribution >= 4 is 22.2 Å². The molecule has 3 aromatic rings. The Morgan fingerprint density at radius 2 is 1.56 bits per heavy atom. The van der Waals surface area contributed by atoms with Gasteiger partial charge >= 0.3 is 5.69 Å². The number of aryl methyl sites for hydroxylation is 1. The van der Waals surface area contributed by atoms with Crippen molar-refractivity contribution in [2.24, 2.45) is 14.1 Å². The average molecular weight is 242 g/mol. The molecule has 0 bridgehead atoms. The van der Waals surface area contributed by atoms with E-state index in [-0.39, 0.29) is 5.52 Å². The predicted octanol–water partition coefficient (Wildman–Crippen LogP) is 0.180. The Hall–Kier alpha value is -2.50. The summed E-state index contributed by atoms with van der Waals surface area (Å²) in [6.07, 6.45) is 0. The topological polar surface area (TPSA) is 69.8 Å². The minimum Gasteiger partial charge on any atom is -0.279 e. The van der Waals surface area contributed by atoms with E-state index in [4.69, 9.17) is 0 Å². The first-order valence-corrected chi connectivity index (χ1v) is 5.42. The van der Waals surface area contributed by atoms with Crippen LogP contribution in [-0.2, 0) is 14.1 Å². The van der Waals surface area contributed by atoms with E-state index in [0.717, 1.165) is 4.57 Å². The van der Waals surface area contributed by atoms with Crippen molar-refractivity contribution in [2.75, 3.05) is 0 Å². The van der Waals surface area contributed by atoms with E-state index in [0.29, 0.717) is 16.7 Å². The first kappa shape index (κ1) is 10.6. The summed E-state index contributed by atoms with van der Waals surface area (Å²) in [5.41, 5.74) is 0.984. The quantitative estimate of drug-likeness (QED) is 0.527. The Bertz CT molecular complexity index is 892. The second-order valence-electron chi connectivity index (χ2n) is 4.09. The zero-order valence-corrected chi connectivity index (χ0v) is 9.91. The van der Waals surface area contributed by atoms with Gasteiger partial charge < -0.3 is 0 Å². The molecule has 0 unspecified atom stereocenters. The van der Waals surface area contributed by atoms with Crippen LogP contribution >= 0.6 is 0 Å². The monoisotopic (exact) mass is 242 g/mol. The lowest BCUT2D eigenvalue weighted by atomic mass is 10.3. The molecule has 0 N–H and O–H groups in total. The van der Waals surface area contributed by atoms with Crippen molar-refractivity contribution in [3.05, 3.63) is 45.1 Å². The van der Waals surface area contributed by atoms with Crippen molar-refractivity contribution in [1.82, 2.24) is 19.1 Å². The molecule has 3 rings (SSSR count). The third kappa shape index (κ3) is 1.29. The number of rotatable bonds is 0. The van der Waals surface area contributed by atoms with Crippen LogP contribution in [0.25, 0.3) is 22.2 Å². The third-order valence-electron chi connectivity index (χ3n) is 2.95. The summed E-state index contributed by atoms with van der Waals surface area (Å²) >= 11 is 0. The van der Waals surface area contributed by atoms with Crippen molar-refractivity contribution in [3.8, 4) is 0 Å². The lowest BCUT2D eigenvalue weighted by molar-refractivity contribution is 0.706. The van der Waals surface area contributed by atoms with E-state index < -0.39 is 11.2 Å². The number of aromatic nitrogens is 4. The first-order chi connectivity index (χ1) is 8.59. The highest BCUT2D eigenvalue weighted by Crippen LogP contribution is 2.11. The van der Waals surface area contributed by atoms with Crippen molar-refractivity contribution in [1.29, 1.82) is 0 Å². The zero-order valence-electron chi connectivity index (χ0n) is 9.91. The van der Waals surface area contributed by atoms with Gasteiger partial charge in [0.15, 0.2) is 11.2 Å². The van der Waals surface area contributed by atoms with E-state index in [9.17, 15) is 9.59 Å². The van der Waals surface area contributed by atoms with Crippen LogP contribution in [0.15, 0.2) is 33.9 Å². The van der Waals surface area contributed by atoms with Gasteiger partial charge in [-0.1, -0.05) is 12.1 Å². The second-order valence-corrected chi connectivity index (χ2v) is 4.09. The standard InChI is InChI=1S/C12H10N4O2/c1-15-10-9(11(17)16(2)12(15)18)13-7-5-3-4-6-8(7)14-10/h3-6H,1-2H3. The summed E-state index contributed by atoms with van der Waals surface area (Å²) in [5, 5.41) is 0. The molecule has 0 saturated heterocycles. The molecule has 0 amide bonds. The normalized spacial score (nSPS) is 11.2. The Kier molecular flexibility index (Phi) is 2.07. The van der Waals surface area contributed by atoms with Crippen LogP contribution in [0.2, 0.25) is 0 Å². The highest BCUT2D eigenvalue weighted by Gasteiger charge is 2.11. The van der Waals surface area contributed by atoms with E-state index in [2.05, 4.69) is 9.97 Å². The van der Waals surface area contributed by atoms with Gasteiger partial charge in [-0.05, 0) is 12.1 Å². The molecular formula is C12H10N4O2. The van der Waals surface area contributed by atoms with E-state index >= 15 is 0 Å². The molecule has 2 aromatic heterocycles. The number of fused-ring (bicyclic) bond motifs is 2. The molecule has 0 aliphatic rings. The van der Waals surface area contributed by atoms with Gasteiger partial charge in [0.2, 0.25) is 0 Å². The van der Waals surface area contributed by atoms with Gasteiger partial charge in [0.25, 0.3) is 5.56 Å². The van der Waals surface area contributed by atoms with E-state index in [1.165, 1.54) is 11.6 Å². The highest BCUT2D eigenvalue weighted by atomic mass is 16.2. The maximum absolute atomic E-state index is 12.0. The number of hydrogen-bond donors (Lipinski definition) is 0. The SMILES string of the molecule is Cn1c(=O)c2nc3ccccc3nc2n(C)c1=O. The minimum absolute atomic E-state index is 0.207. The van der Waals surface area contributed by atoms with Crippen LogP contribution in [0.5, 0.6) is 0 Å². The Balaban J connectivity index is 2.67. The smallest absolute Gasteiger partial charge is 0.279 e. The predicted molar refractivity (Wildman–Crippen MR) is 67.5 cm³/mol. The molecule has 6 nitrogen and oxygen atoms in total. The summed E-state index contributed by atoms with van der Waals surface area (Å²) < 4.78 is 2.36. The number of para-hydroxylation sites is 2. The highest BCUT2D eigenvalue weighted by molar-refractivity contribution is 5.83. The van der Waals surface area contributed by atoms with Gasteiger partial charge in [-0.15, -0.1) is 0 Å². The molecule has 0 saturated carbocycles. The summed E-state index contributed by atoms with van der Waals surface area (Å²) in [6.45, 7) is 0. The van der Waals surface area contributed by atoms with Gasteiger partial charge in [0, 0.05) is 14.1 Å². The Morgan fingerprint density at radius 1 is 0.944 bits per heavy atom. The molecule has 6 heteroatoms. The van der Waals surface area contributed by atoms with Gasteiger partial charge in [0.1, 0.15) is 0 Å². The molecule has 18 heavy (non-hydrogen) atoms. The summed E-state index contributed by atoms with van der Waals surface area (Å²) in [5.74, 6) is 0. The fraction of sp³-hybridized carbons (Fsp3) is 0.167. The fourth-order valence-corrected chi connectivity index (χ4v) is 1.93. The van der Waals surface area contributed by atoms with Gasteiger partial charge in [-0.2, -0.15) is 0 Å². The van der Waals surface area contributed by atoms with Crippen molar-refractivity contribution < 1.29 is 0 Å². The van der Waals surface area contributed by atoms with Crippen molar-refractivity contribution in [2.45, 2.75) is 0 Å². The molecule has 0 spiro atoms. The van der Waals surface area contributed by atoms with Crippen LogP contribution in [0.4, 0.5) is 0 Å². The van der Waals surface area contributed by atoms with E-state index in [1.54, 1.807) is 19.2 Å². The summed E-state index contributed by atoms with van der Waals surface area (Å²) in [7, 11) is 3.01. The van der Waals surface area contributed by atoms with Crippen LogP contribution < -0.4 is 11.2 Å². The summed E-state index contributed by atoms with van der Waals surface area (Å²) in [6, 6.07) is 7.24. The average Bonchev–Trinajstić information content (AvgIpc) is 2.41. The molecule has 2 heterocycles. The number of hydrogen-bond acceptors (Lipinski definition) is 4. The number of benzene rings is 1. The second kappa shape index (κ2) is 3.49. The molecule has 90 valence electrons. The van der Waals surface area contributed by atoms with Crippen LogP contribution in [-0.4, -0.2) is 19.1 Å². The largest absolute Gasteiger partial charge is 0.332 e. The van der Waals surface area contributed by atoms with Crippen LogP contribution in [0.1, 0.15) is 0 Å². The maximum Gasteiger partial charge on any atom is 0.332 e. The molecule has 0 radical (unpaired) electrons. The molecule has 0 aliphatic heterocycles. The van der Waals surface area contributed by atoms with Crippen LogP contribution in [0.3, 0.4) is 0 Å². The number of nitrogens with zero attached hydrogens (tertiary/aromatic N) is 4. The minimum atomic E-state index is -0.425. The first-order valence-electron chi connectivity index (χ1n) is 5.42.